The summed E-state index contributed by atoms with van der Waals surface area (Å²) in [5.74, 6) is 0. The maximum Gasteiger partial charge on any atom is 0.407 e. The maximum absolute atomic E-state index is 12.1. The average Bonchev–Trinajstić information content (AvgIpc) is 2.57. The fourth-order valence-electron chi connectivity index (χ4n) is 4.14. The fourth-order valence-corrected chi connectivity index (χ4v) is 9.74. The Morgan fingerprint density at radius 1 is 1.04 bits per heavy atom. The summed E-state index contributed by atoms with van der Waals surface area (Å²) in [5, 5.41) is 2.98. The highest BCUT2D eigenvalue weighted by Crippen LogP contribution is 2.44. The van der Waals surface area contributed by atoms with Gasteiger partial charge < -0.3 is 14.5 Å². The van der Waals surface area contributed by atoms with Crippen LogP contribution in [0.25, 0.3) is 0 Å². The van der Waals surface area contributed by atoms with Crippen molar-refractivity contribution in [2.75, 3.05) is 6.61 Å². The van der Waals surface area contributed by atoms with Crippen molar-refractivity contribution in [2.24, 2.45) is 0 Å². The van der Waals surface area contributed by atoms with E-state index in [0.717, 1.165) is 5.56 Å². The lowest BCUT2D eigenvalue weighted by Gasteiger charge is -2.45. The minimum absolute atomic E-state index is 0.166. The van der Waals surface area contributed by atoms with Crippen LogP contribution in [0.1, 0.15) is 67.0 Å². The van der Waals surface area contributed by atoms with E-state index in [1.54, 1.807) is 19.3 Å². The van der Waals surface area contributed by atoms with Crippen molar-refractivity contribution in [1.29, 1.82) is 0 Å². The SMILES string of the molecule is CCOC(=O)N[C@@H](c1ccncc1)[C@@H](C)O[Si](C(C)C)(C(C)C)C(C)C. The Hall–Kier alpha value is -1.40. The molecule has 1 aromatic heterocycles. The zero-order valence-corrected chi connectivity index (χ0v) is 18.6. The molecule has 0 bridgehead atoms. The molecular formula is C20H36N2O3Si. The molecule has 0 spiro atoms. The predicted molar refractivity (Wildman–Crippen MR) is 109 cm³/mol. The number of pyridine rings is 1. The van der Waals surface area contributed by atoms with Gasteiger partial charge in [-0.15, -0.1) is 0 Å². The van der Waals surface area contributed by atoms with Gasteiger partial charge in [-0.2, -0.15) is 0 Å². The minimum atomic E-state index is -2.06. The first-order valence-corrected chi connectivity index (χ1v) is 11.8. The minimum Gasteiger partial charge on any atom is -0.450 e. The van der Waals surface area contributed by atoms with E-state index in [1.807, 2.05) is 19.1 Å². The Labute approximate surface area is 160 Å². The van der Waals surface area contributed by atoms with Gasteiger partial charge in [-0.1, -0.05) is 41.5 Å². The monoisotopic (exact) mass is 380 g/mol. The first-order chi connectivity index (χ1) is 12.2. The van der Waals surface area contributed by atoms with Gasteiger partial charge in [-0.3, -0.25) is 4.98 Å². The lowest BCUT2D eigenvalue weighted by molar-refractivity contribution is 0.118. The van der Waals surface area contributed by atoms with Gasteiger partial charge in [0.25, 0.3) is 0 Å². The largest absolute Gasteiger partial charge is 0.450 e. The maximum atomic E-state index is 12.1. The molecule has 0 unspecified atom stereocenters. The van der Waals surface area contributed by atoms with Gasteiger partial charge in [0, 0.05) is 12.4 Å². The molecule has 1 amide bonds. The van der Waals surface area contributed by atoms with Crippen LogP contribution in [0.4, 0.5) is 4.79 Å². The van der Waals surface area contributed by atoms with E-state index in [1.165, 1.54) is 0 Å². The fraction of sp³-hybridized carbons (Fsp3) is 0.700. The van der Waals surface area contributed by atoms with E-state index in [9.17, 15) is 4.79 Å². The van der Waals surface area contributed by atoms with Gasteiger partial charge in [0.05, 0.1) is 18.8 Å². The topological polar surface area (TPSA) is 60.5 Å². The van der Waals surface area contributed by atoms with Gasteiger partial charge in [-0.05, 0) is 48.2 Å². The van der Waals surface area contributed by atoms with E-state index >= 15 is 0 Å². The summed E-state index contributed by atoms with van der Waals surface area (Å²) in [5.41, 5.74) is 2.40. The third-order valence-corrected chi connectivity index (χ3v) is 11.4. The molecule has 0 fully saturated rings. The molecule has 2 atom stereocenters. The quantitative estimate of drug-likeness (QED) is 0.579. The van der Waals surface area contributed by atoms with Gasteiger partial charge in [0.2, 0.25) is 8.32 Å². The molecule has 0 saturated heterocycles. The van der Waals surface area contributed by atoms with Gasteiger partial charge in [0.15, 0.2) is 0 Å². The Bertz CT molecular complexity index is 527. The molecular weight excluding hydrogens is 344 g/mol. The van der Waals surface area contributed by atoms with E-state index in [0.29, 0.717) is 23.2 Å². The number of amides is 1. The van der Waals surface area contributed by atoms with Crippen molar-refractivity contribution in [2.45, 2.75) is 84.2 Å². The van der Waals surface area contributed by atoms with Crippen LogP contribution < -0.4 is 5.32 Å². The third kappa shape index (κ3) is 5.30. The lowest BCUT2D eigenvalue weighted by atomic mass is 10.0. The number of carbonyl (C=O) groups is 1. The Kier molecular flexibility index (Phi) is 8.76. The Balaban J connectivity index is 3.18. The normalized spacial score (nSPS) is 14.6. The van der Waals surface area contributed by atoms with Crippen molar-refractivity contribution < 1.29 is 14.0 Å². The van der Waals surface area contributed by atoms with Crippen molar-refractivity contribution in [3.05, 3.63) is 30.1 Å². The molecule has 148 valence electrons. The molecule has 1 N–H and O–H groups in total. The number of rotatable bonds is 9. The number of ether oxygens (including phenoxy) is 1. The number of hydrogen-bond donors (Lipinski definition) is 1. The van der Waals surface area contributed by atoms with E-state index in [-0.39, 0.29) is 12.1 Å². The molecule has 0 aliphatic rings. The Morgan fingerprint density at radius 2 is 1.54 bits per heavy atom. The highest BCUT2D eigenvalue weighted by atomic mass is 28.4. The van der Waals surface area contributed by atoms with Crippen LogP contribution in [0.5, 0.6) is 0 Å². The molecule has 1 aromatic rings. The molecule has 0 aliphatic heterocycles. The second kappa shape index (κ2) is 10.1. The summed E-state index contributed by atoms with van der Waals surface area (Å²) in [4.78, 5) is 16.2. The molecule has 6 heteroatoms. The second-order valence-corrected chi connectivity index (χ2v) is 13.2. The first kappa shape index (κ1) is 22.6. The van der Waals surface area contributed by atoms with Gasteiger partial charge in [-0.25, -0.2) is 4.79 Å². The van der Waals surface area contributed by atoms with E-state index < -0.39 is 14.4 Å². The third-order valence-electron chi connectivity index (χ3n) is 5.18. The van der Waals surface area contributed by atoms with E-state index in [4.69, 9.17) is 9.16 Å². The smallest absolute Gasteiger partial charge is 0.407 e. The van der Waals surface area contributed by atoms with E-state index in [2.05, 4.69) is 51.8 Å². The molecule has 0 aromatic carbocycles. The number of carbonyl (C=O) groups excluding carboxylic acids is 1. The van der Waals surface area contributed by atoms with Crippen LogP contribution in [0.15, 0.2) is 24.5 Å². The zero-order valence-electron chi connectivity index (χ0n) is 17.6. The summed E-state index contributed by atoms with van der Waals surface area (Å²) in [6.45, 7) is 17.8. The van der Waals surface area contributed by atoms with Crippen molar-refractivity contribution in [1.82, 2.24) is 10.3 Å². The van der Waals surface area contributed by atoms with Gasteiger partial charge in [0.1, 0.15) is 0 Å². The number of alkyl carbamates (subject to hydrolysis) is 1. The molecule has 26 heavy (non-hydrogen) atoms. The van der Waals surface area contributed by atoms with Crippen molar-refractivity contribution in [3.63, 3.8) is 0 Å². The van der Waals surface area contributed by atoms with Crippen molar-refractivity contribution in [3.8, 4) is 0 Å². The number of nitrogens with zero attached hydrogens (tertiary/aromatic N) is 1. The van der Waals surface area contributed by atoms with Crippen LogP contribution in [0.2, 0.25) is 16.6 Å². The number of nitrogens with one attached hydrogen (secondary N) is 1. The Morgan fingerprint density at radius 3 is 1.96 bits per heavy atom. The predicted octanol–water partition coefficient (Wildman–Crippen LogP) is 5.45. The number of aromatic nitrogens is 1. The summed E-state index contributed by atoms with van der Waals surface area (Å²) < 4.78 is 12.0. The number of hydrogen-bond acceptors (Lipinski definition) is 4. The van der Waals surface area contributed by atoms with Crippen LogP contribution in [-0.4, -0.2) is 32.1 Å². The molecule has 5 nitrogen and oxygen atoms in total. The van der Waals surface area contributed by atoms with Crippen LogP contribution in [0.3, 0.4) is 0 Å². The average molecular weight is 381 g/mol. The zero-order chi connectivity index (χ0) is 19.9. The van der Waals surface area contributed by atoms with Crippen molar-refractivity contribution >= 4 is 14.4 Å². The summed E-state index contributed by atoms with van der Waals surface area (Å²) in [7, 11) is -2.06. The van der Waals surface area contributed by atoms with Crippen LogP contribution in [0, 0.1) is 0 Å². The molecule has 0 aliphatic carbocycles. The first-order valence-electron chi connectivity index (χ1n) is 9.67. The van der Waals surface area contributed by atoms with Crippen LogP contribution >= 0.6 is 0 Å². The molecule has 0 saturated carbocycles. The second-order valence-electron chi connectivity index (χ2n) is 7.76. The molecule has 1 heterocycles. The van der Waals surface area contributed by atoms with Crippen LogP contribution in [-0.2, 0) is 9.16 Å². The highest BCUT2D eigenvalue weighted by Gasteiger charge is 2.47. The summed E-state index contributed by atoms with van der Waals surface area (Å²) >= 11 is 0. The highest BCUT2D eigenvalue weighted by molar-refractivity contribution is 6.77. The summed E-state index contributed by atoms with van der Waals surface area (Å²) in [6.07, 6.45) is 2.89. The lowest BCUT2D eigenvalue weighted by Crippen LogP contribution is -2.52. The summed E-state index contributed by atoms with van der Waals surface area (Å²) in [6, 6.07) is 3.56. The van der Waals surface area contributed by atoms with Gasteiger partial charge >= 0.3 is 6.09 Å². The molecule has 1 rings (SSSR count). The standard InChI is InChI=1S/C20H36N2O3Si/c1-9-24-20(23)22-19(18-10-12-21-13-11-18)17(8)25-26(14(2)3,15(4)5)16(6)7/h10-17,19H,9H2,1-8H3,(H,22,23)/t17-,19-/m1/s1. The molecule has 0 radical (unpaired) electrons.